The lowest BCUT2D eigenvalue weighted by Crippen LogP contribution is -2.03. The van der Waals surface area contributed by atoms with Crippen LogP contribution in [0.15, 0.2) is 64.8 Å². The van der Waals surface area contributed by atoms with Gasteiger partial charge in [0.25, 0.3) is 0 Å². The maximum Gasteiger partial charge on any atom is 0.227 e. The van der Waals surface area contributed by atoms with Crippen LogP contribution in [0.5, 0.6) is 0 Å². The average molecular weight is 606 g/mol. The molecule has 0 fully saturated rings. The topological polar surface area (TPSA) is 92.3 Å². The number of ketones is 1. The molecule has 3 aliphatic rings. The Morgan fingerprint density at radius 2 is 1.96 bits per heavy atom. The van der Waals surface area contributed by atoms with Gasteiger partial charge < -0.3 is 15.0 Å². The molecule has 0 spiro atoms. The molecule has 6 rings (SSSR count). The molecule has 2 unspecified atom stereocenters. The molecule has 3 aromatic rings. The summed E-state index contributed by atoms with van der Waals surface area (Å²) in [6.07, 6.45) is 23.9. The van der Waals surface area contributed by atoms with Gasteiger partial charge in [-0.3, -0.25) is 9.79 Å². The van der Waals surface area contributed by atoms with Crippen molar-refractivity contribution < 1.29 is 9.53 Å². The van der Waals surface area contributed by atoms with Crippen molar-refractivity contribution in [1.82, 2.24) is 15.0 Å². The fourth-order valence-corrected chi connectivity index (χ4v) is 6.80. The van der Waals surface area contributed by atoms with Crippen molar-refractivity contribution >= 4 is 40.2 Å². The monoisotopic (exact) mass is 605 g/mol. The summed E-state index contributed by atoms with van der Waals surface area (Å²) >= 11 is 0. The van der Waals surface area contributed by atoms with E-state index in [-0.39, 0.29) is 5.78 Å². The molecule has 1 aliphatic carbocycles. The van der Waals surface area contributed by atoms with Gasteiger partial charge in [0.2, 0.25) is 5.95 Å². The first kappa shape index (κ1) is 31.2. The van der Waals surface area contributed by atoms with Gasteiger partial charge in [-0.25, -0.2) is 9.97 Å². The number of aromatic nitrogens is 3. The highest BCUT2D eigenvalue weighted by molar-refractivity contribution is 6.01. The van der Waals surface area contributed by atoms with Gasteiger partial charge in [-0.1, -0.05) is 49.1 Å². The number of anilines is 2. The van der Waals surface area contributed by atoms with E-state index in [1.165, 1.54) is 44.1 Å². The normalized spacial score (nSPS) is 20.6. The molecule has 0 radical (unpaired) electrons. The number of carbonyl (C=O) groups is 1. The Balaban J connectivity index is 1.02. The van der Waals surface area contributed by atoms with Crippen molar-refractivity contribution in [3.8, 4) is 0 Å². The Morgan fingerprint density at radius 1 is 1.04 bits per heavy atom. The number of hydrogen-bond acceptors (Lipinski definition) is 6. The Labute approximate surface area is 267 Å². The Bertz CT molecular complexity index is 1630. The predicted molar refractivity (Wildman–Crippen MR) is 184 cm³/mol. The minimum absolute atomic E-state index is 0.164. The third-order valence-corrected chi connectivity index (χ3v) is 9.44. The van der Waals surface area contributed by atoms with E-state index in [9.17, 15) is 4.79 Å². The van der Waals surface area contributed by atoms with Crippen LogP contribution in [0.4, 0.5) is 11.6 Å². The van der Waals surface area contributed by atoms with Crippen molar-refractivity contribution in [2.45, 2.75) is 90.9 Å². The van der Waals surface area contributed by atoms with Gasteiger partial charge >= 0.3 is 0 Å². The van der Waals surface area contributed by atoms with E-state index in [1.54, 1.807) is 11.8 Å². The summed E-state index contributed by atoms with van der Waals surface area (Å²) in [5, 5.41) is 4.37. The number of Topliss-reactive ketones (excluding diaryl/α,β-unsaturated/α-hetero) is 1. The van der Waals surface area contributed by atoms with Crippen molar-refractivity contribution in [3.05, 3.63) is 76.8 Å². The SMILES string of the molecule is Cc1cc(Nc2nccc(C3=CCC(C)C=N3)n2)cc2cc(C(=O)CC3=CCCC(CCCCC4=CCCOCC4)CC3)[nH]c12. The quantitative estimate of drug-likeness (QED) is 0.129. The number of fused-ring (bicyclic) bond motifs is 1. The molecular formula is C38H47N5O2. The first-order chi connectivity index (χ1) is 22.0. The van der Waals surface area contributed by atoms with Gasteiger partial charge in [0.1, 0.15) is 0 Å². The number of aryl methyl sites for hydroxylation is 1. The van der Waals surface area contributed by atoms with Gasteiger partial charge in [0.15, 0.2) is 5.78 Å². The lowest BCUT2D eigenvalue weighted by atomic mass is 9.91. The zero-order valence-electron chi connectivity index (χ0n) is 26.9. The van der Waals surface area contributed by atoms with Gasteiger partial charge in [-0.15, -0.1) is 0 Å². The van der Waals surface area contributed by atoms with Crippen molar-refractivity contribution in [3.63, 3.8) is 0 Å². The molecule has 2 aliphatic heterocycles. The summed E-state index contributed by atoms with van der Waals surface area (Å²) < 4.78 is 5.58. The largest absolute Gasteiger partial charge is 0.381 e. The molecule has 0 bridgehead atoms. The molecule has 0 saturated carbocycles. The van der Waals surface area contributed by atoms with E-state index in [0.29, 0.717) is 24.0 Å². The maximum absolute atomic E-state index is 13.4. The molecule has 45 heavy (non-hydrogen) atoms. The van der Waals surface area contributed by atoms with Crippen LogP contribution in [0.2, 0.25) is 0 Å². The summed E-state index contributed by atoms with van der Waals surface area (Å²) in [6.45, 7) is 5.98. The fraction of sp³-hybridized carbons (Fsp3) is 0.474. The van der Waals surface area contributed by atoms with Crippen LogP contribution in [0.1, 0.15) is 106 Å². The molecule has 2 N–H and O–H groups in total. The molecule has 7 nitrogen and oxygen atoms in total. The summed E-state index contributed by atoms with van der Waals surface area (Å²) in [6, 6.07) is 8.01. The smallest absolute Gasteiger partial charge is 0.227 e. The average Bonchev–Trinajstić information content (AvgIpc) is 3.16. The first-order valence-electron chi connectivity index (χ1n) is 16.9. The van der Waals surface area contributed by atoms with Crippen LogP contribution in [0, 0.1) is 18.8 Å². The molecular weight excluding hydrogens is 558 g/mol. The van der Waals surface area contributed by atoms with Gasteiger partial charge in [-0.2, -0.15) is 0 Å². The van der Waals surface area contributed by atoms with Crippen molar-refractivity contribution in [2.75, 3.05) is 18.5 Å². The highest BCUT2D eigenvalue weighted by atomic mass is 16.5. The number of allylic oxidation sites excluding steroid dienone is 3. The number of aromatic amines is 1. The number of unbranched alkanes of at least 4 members (excludes halogenated alkanes) is 1. The van der Waals surface area contributed by atoms with Crippen LogP contribution in [0.3, 0.4) is 0 Å². The predicted octanol–water partition coefficient (Wildman–Crippen LogP) is 9.45. The summed E-state index contributed by atoms with van der Waals surface area (Å²) in [7, 11) is 0. The van der Waals surface area contributed by atoms with E-state index in [1.807, 2.05) is 18.3 Å². The van der Waals surface area contributed by atoms with E-state index in [4.69, 9.17) is 9.72 Å². The molecule has 7 heteroatoms. The summed E-state index contributed by atoms with van der Waals surface area (Å²) in [4.78, 5) is 30.5. The number of aliphatic imine (C=N–C) groups is 1. The van der Waals surface area contributed by atoms with Gasteiger partial charge in [0.05, 0.1) is 30.3 Å². The number of ether oxygens (including phenoxy) is 1. The molecule has 0 saturated heterocycles. The van der Waals surface area contributed by atoms with Gasteiger partial charge in [0, 0.05) is 35.4 Å². The molecule has 1 aromatic carbocycles. The Morgan fingerprint density at radius 3 is 2.84 bits per heavy atom. The highest BCUT2D eigenvalue weighted by Gasteiger charge is 2.18. The Kier molecular flexibility index (Phi) is 10.4. The van der Waals surface area contributed by atoms with Crippen LogP contribution >= 0.6 is 0 Å². The van der Waals surface area contributed by atoms with E-state index >= 15 is 0 Å². The molecule has 0 amide bonds. The zero-order valence-corrected chi connectivity index (χ0v) is 26.9. The maximum atomic E-state index is 13.4. The van der Waals surface area contributed by atoms with Gasteiger partial charge in [-0.05, 0) is 106 Å². The number of H-pyrrole nitrogens is 1. The van der Waals surface area contributed by atoms with Crippen LogP contribution in [-0.4, -0.2) is 40.2 Å². The van der Waals surface area contributed by atoms with Crippen LogP contribution < -0.4 is 5.32 Å². The minimum atomic E-state index is 0.164. The molecule has 2 atom stereocenters. The van der Waals surface area contributed by atoms with Crippen molar-refractivity contribution in [2.24, 2.45) is 16.8 Å². The van der Waals surface area contributed by atoms with Crippen LogP contribution in [-0.2, 0) is 4.74 Å². The van der Waals surface area contributed by atoms with Crippen molar-refractivity contribution in [1.29, 1.82) is 0 Å². The second-order valence-electron chi connectivity index (χ2n) is 13.1. The summed E-state index contributed by atoms with van der Waals surface area (Å²) in [5.41, 5.74) is 8.21. The number of rotatable bonds is 11. The third-order valence-electron chi connectivity index (χ3n) is 9.44. The number of benzene rings is 1. The minimum Gasteiger partial charge on any atom is -0.381 e. The lowest BCUT2D eigenvalue weighted by Gasteiger charge is -2.14. The number of nitrogens with one attached hydrogen (secondary N) is 2. The highest BCUT2D eigenvalue weighted by Crippen LogP contribution is 2.31. The lowest BCUT2D eigenvalue weighted by molar-refractivity contribution is 0.0988. The Hall–Kier alpha value is -3.84. The number of nitrogens with zero attached hydrogens (tertiary/aromatic N) is 3. The third kappa shape index (κ3) is 8.46. The molecule has 4 heterocycles. The zero-order chi connectivity index (χ0) is 31.0. The van der Waals surface area contributed by atoms with E-state index in [2.05, 4.69) is 64.5 Å². The second-order valence-corrected chi connectivity index (χ2v) is 13.1. The van der Waals surface area contributed by atoms with E-state index in [0.717, 1.165) is 84.8 Å². The number of carbonyl (C=O) groups excluding carboxylic acids is 1. The summed E-state index contributed by atoms with van der Waals surface area (Å²) in [5.74, 6) is 1.91. The molecule has 2 aromatic heterocycles. The fourth-order valence-electron chi connectivity index (χ4n) is 6.80. The number of hydrogen-bond donors (Lipinski definition) is 2. The first-order valence-corrected chi connectivity index (χ1v) is 16.9. The molecule has 236 valence electrons. The standard InChI is InChI=1S/C38H47N5O2/c1-26-12-15-33(40-25-26)34-16-18-39-38(43-34)41-32-21-27(2)37-31(23-32)24-35(42-37)36(44)22-30-10-5-9-28(13-14-30)7-3-4-8-29-11-6-19-45-20-17-29/h10-11,15-16,18,21,23-26,28,42H,3-9,12-14,17,19-20,22H2,1-2H3,(H,39,41,43). The van der Waals surface area contributed by atoms with E-state index < -0.39 is 0 Å². The second kappa shape index (κ2) is 15.0. The van der Waals surface area contributed by atoms with Crippen LogP contribution in [0.25, 0.3) is 16.6 Å².